The van der Waals surface area contributed by atoms with Gasteiger partial charge >= 0.3 is 5.97 Å². The molecule has 0 amide bonds. The molecule has 1 aromatic carbocycles. The van der Waals surface area contributed by atoms with Crippen molar-refractivity contribution in [2.75, 3.05) is 6.54 Å². The van der Waals surface area contributed by atoms with E-state index in [4.69, 9.17) is 5.11 Å². The predicted octanol–water partition coefficient (Wildman–Crippen LogP) is 3.40. The SMILES string of the molecule is CCC(C)N(CC)Cc1ccc(C=CC(=O)O)cc1. The molecule has 0 bridgehead atoms. The number of carboxylic acids is 1. The zero-order chi connectivity index (χ0) is 14.3. The number of carboxylic acid groups (broad SMARTS) is 1. The highest BCUT2D eigenvalue weighted by molar-refractivity contribution is 5.85. The summed E-state index contributed by atoms with van der Waals surface area (Å²) in [6, 6.07) is 8.62. The summed E-state index contributed by atoms with van der Waals surface area (Å²) in [4.78, 5) is 12.9. The molecule has 104 valence electrons. The lowest BCUT2D eigenvalue weighted by Gasteiger charge is -2.26. The van der Waals surface area contributed by atoms with E-state index in [0.29, 0.717) is 6.04 Å². The van der Waals surface area contributed by atoms with Crippen LogP contribution in [0.1, 0.15) is 38.3 Å². The second-order valence-electron chi connectivity index (χ2n) is 4.73. The Labute approximate surface area is 115 Å². The number of nitrogens with zero attached hydrogens (tertiary/aromatic N) is 1. The van der Waals surface area contributed by atoms with Crippen molar-refractivity contribution in [2.24, 2.45) is 0 Å². The molecule has 0 aromatic heterocycles. The third-order valence-corrected chi connectivity index (χ3v) is 3.40. The van der Waals surface area contributed by atoms with Gasteiger partial charge in [0.1, 0.15) is 0 Å². The molecular weight excluding hydrogens is 238 g/mol. The standard InChI is InChI=1S/C16H23NO2/c1-4-13(3)17(5-2)12-15-8-6-14(7-9-15)10-11-16(18)19/h6-11,13H,4-5,12H2,1-3H3,(H,18,19). The molecule has 0 fully saturated rings. The first-order valence-corrected chi connectivity index (χ1v) is 6.80. The molecule has 1 aromatic rings. The van der Waals surface area contributed by atoms with Crippen LogP contribution in [-0.2, 0) is 11.3 Å². The van der Waals surface area contributed by atoms with Crippen molar-refractivity contribution in [3.05, 3.63) is 41.5 Å². The molecular formula is C16H23NO2. The molecule has 1 rings (SSSR count). The van der Waals surface area contributed by atoms with Gasteiger partial charge in [-0.05, 0) is 37.1 Å². The lowest BCUT2D eigenvalue weighted by Crippen LogP contribution is -2.31. The van der Waals surface area contributed by atoms with E-state index in [-0.39, 0.29) is 0 Å². The summed E-state index contributed by atoms with van der Waals surface area (Å²) >= 11 is 0. The monoisotopic (exact) mass is 261 g/mol. The van der Waals surface area contributed by atoms with E-state index in [1.54, 1.807) is 6.08 Å². The summed E-state index contributed by atoms with van der Waals surface area (Å²) in [5.74, 6) is -0.919. The van der Waals surface area contributed by atoms with Crippen LogP contribution in [0.3, 0.4) is 0 Å². The number of aliphatic carboxylic acids is 1. The summed E-state index contributed by atoms with van der Waals surface area (Å²) in [6.45, 7) is 8.60. The van der Waals surface area contributed by atoms with Gasteiger partial charge in [-0.1, -0.05) is 38.1 Å². The topological polar surface area (TPSA) is 40.5 Å². The quantitative estimate of drug-likeness (QED) is 0.765. The highest BCUT2D eigenvalue weighted by Crippen LogP contribution is 2.12. The third kappa shape index (κ3) is 5.26. The van der Waals surface area contributed by atoms with Gasteiger partial charge in [-0.15, -0.1) is 0 Å². The summed E-state index contributed by atoms with van der Waals surface area (Å²) in [5.41, 5.74) is 2.17. The number of hydrogen-bond acceptors (Lipinski definition) is 2. The summed E-state index contributed by atoms with van der Waals surface area (Å²) in [5, 5.41) is 8.57. The summed E-state index contributed by atoms with van der Waals surface area (Å²) < 4.78 is 0. The Kier molecular flexibility index (Phi) is 6.30. The van der Waals surface area contributed by atoms with E-state index in [1.165, 1.54) is 5.56 Å². The van der Waals surface area contributed by atoms with Gasteiger partial charge in [0.25, 0.3) is 0 Å². The van der Waals surface area contributed by atoms with Gasteiger partial charge in [-0.25, -0.2) is 4.79 Å². The maximum Gasteiger partial charge on any atom is 0.328 e. The number of carbonyl (C=O) groups is 1. The van der Waals surface area contributed by atoms with Crippen molar-refractivity contribution in [1.29, 1.82) is 0 Å². The second kappa shape index (κ2) is 7.74. The first kappa shape index (κ1) is 15.4. The van der Waals surface area contributed by atoms with Crippen LogP contribution in [-0.4, -0.2) is 28.6 Å². The van der Waals surface area contributed by atoms with Crippen molar-refractivity contribution in [2.45, 2.75) is 39.8 Å². The van der Waals surface area contributed by atoms with Gasteiger partial charge in [0.2, 0.25) is 0 Å². The molecule has 19 heavy (non-hydrogen) atoms. The van der Waals surface area contributed by atoms with Crippen LogP contribution in [0.2, 0.25) is 0 Å². The molecule has 0 saturated carbocycles. The fraction of sp³-hybridized carbons (Fsp3) is 0.438. The lowest BCUT2D eigenvalue weighted by atomic mass is 10.1. The van der Waals surface area contributed by atoms with E-state index in [0.717, 1.165) is 31.1 Å². The fourth-order valence-electron chi connectivity index (χ4n) is 1.97. The van der Waals surface area contributed by atoms with Crippen LogP contribution in [0, 0.1) is 0 Å². The van der Waals surface area contributed by atoms with Crippen LogP contribution >= 0.6 is 0 Å². The smallest absolute Gasteiger partial charge is 0.328 e. The maximum atomic E-state index is 10.4. The average Bonchev–Trinajstić information content (AvgIpc) is 2.42. The van der Waals surface area contributed by atoms with Gasteiger partial charge in [-0.2, -0.15) is 0 Å². The van der Waals surface area contributed by atoms with E-state index < -0.39 is 5.97 Å². The van der Waals surface area contributed by atoms with Crippen molar-refractivity contribution >= 4 is 12.0 Å². The Balaban J connectivity index is 2.68. The summed E-state index contributed by atoms with van der Waals surface area (Å²) in [7, 11) is 0. The van der Waals surface area contributed by atoms with Gasteiger partial charge in [-0.3, -0.25) is 4.90 Å². The third-order valence-electron chi connectivity index (χ3n) is 3.40. The summed E-state index contributed by atoms with van der Waals surface area (Å²) in [6.07, 6.45) is 3.91. The number of hydrogen-bond donors (Lipinski definition) is 1. The Morgan fingerprint density at radius 1 is 1.32 bits per heavy atom. The molecule has 0 heterocycles. The van der Waals surface area contributed by atoms with Crippen LogP contribution in [0.5, 0.6) is 0 Å². The van der Waals surface area contributed by atoms with Crippen LogP contribution in [0.4, 0.5) is 0 Å². The largest absolute Gasteiger partial charge is 0.478 e. The van der Waals surface area contributed by atoms with Crippen LogP contribution in [0.25, 0.3) is 6.08 Å². The minimum absolute atomic E-state index is 0.580. The molecule has 0 aliphatic carbocycles. The molecule has 1 unspecified atom stereocenters. The first-order valence-electron chi connectivity index (χ1n) is 6.80. The van der Waals surface area contributed by atoms with Crippen molar-refractivity contribution in [1.82, 2.24) is 4.90 Å². The molecule has 3 nitrogen and oxygen atoms in total. The molecule has 0 aliphatic heterocycles. The average molecular weight is 261 g/mol. The van der Waals surface area contributed by atoms with E-state index in [9.17, 15) is 4.79 Å². The Morgan fingerprint density at radius 2 is 1.95 bits per heavy atom. The molecule has 1 N–H and O–H groups in total. The molecule has 0 aliphatic rings. The highest BCUT2D eigenvalue weighted by Gasteiger charge is 2.09. The number of rotatable bonds is 7. The Morgan fingerprint density at radius 3 is 2.42 bits per heavy atom. The molecule has 3 heteroatoms. The van der Waals surface area contributed by atoms with E-state index >= 15 is 0 Å². The normalized spacial score (nSPS) is 13.1. The molecule has 0 spiro atoms. The highest BCUT2D eigenvalue weighted by atomic mass is 16.4. The van der Waals surface area contributed by atoms with Crippen LogP contribution in [0.15, 0.2) is 30.3 Å². The van der Waals surface area contributed by atoms with E-state index in [2.05, 4.69) is 37.8 Å². The molecule has 1 atom stereocenters. The molecule has 0 saturated heterocycles. The maximum absolute atomic E-state index is 10.4. The van der Waals surface area contributed by atoms with Gasteiger partial charge in [0, 0.05) is 18.7 Å². The van der Waals surface area contributed by atoms with Crippen molar-refractivity contribution < 1.29 is 9.90 Å². The zero-order valence-electron chi connectivity index (χ0n) is 12.0. The minimum Gasteiger partial charge on any atom is -0.478 e. The Hall–Kier alpha value is -1.61. The van der Waals surface area contributed by atoms with Gasteiger partial charge < -0.3 is 5.11 Å². The predicted molar refractivity (Wildman–Crippen MR) is 78.9 cm³/mol. The Bertz CT molecular complexity index is 423. The van der Waals surface area contributed by atoms with E-state index in [1.807, 2.05) is 12.1 Å². The van der Waals surface area contributed by atoms with Gasteiger partial charge in [0.15, 0.2) is 0 Å². The first-order chi connectivity index (χ1) is 9.06. The lowest BCUT2D eigenvalue weighted by molar-refractivity contribution is -0.131. The second-order valence-corrected chi connectivity index (χ2v) is 4.73. The minimum atomic E-state index is -0.919. The van der Waals surface area contributed by atoms with Gasteiger partial charge in [0.05, 0.1) is 0 Å². The van der Waals surface area contributed by atoms with Crippen molar-refractivity contribution in [3.63, 3.8) is 0 Å². The molecule has 0 radical (unpaired) electrons. The van der Waals surface area contributed by atoms with Crippen molar-refractivity contribution in [3.8, 4) is 0 Å². The van der Waals surface area contributed by atoms with Crippen LogP contribution < -0.4 is 0 Å². The fourth-order valence-corrected chi connectivity index (χ4v) is 1.97. The zero-order valence-corrected chi connectivity index (χ0v) is 12.0. The number of benzene rings is 1.